The molecule has 1 aromatic heterocycles. The number of hydrogen-bond donors (Lipinski definition) is 0. The van der Waals surface area contributed by atoms with E-state index in [1.807, 2.05) is 65.6 Å². The van der Waals surface area contributed by atoms with Gasteiger partial charge < -0.3 is 19.6 Å². The molecule has 0 unspecified atom stereocenters. The summed E-state index contributed by atoms with van der Waals surface area (Å²) >= 11 is 6.18. The molecular weight excluding hydrogens is 501 g/mol. The van der Waals surface area contributed by atoms with Crippen LogP contribution in [-0.2, 0) is 0 Å². The summed E-state index contributed by atoms with van der Waals surface area (Å²) in [5, 5.41) is 1.60. The number of carbonyl (C=O) groups is 1. The number of aromatic nitrogens is 1. The van der Waals surface area contributed by atoms with E-state index in [0.29, 0.717) is 18.7 Å². The quantitative estimate of drug-likeness (QED) is 0.358. The molecule has 1 amide bonds. The third-order valence-electron chi connectivity index (χ3n) is 7.47. The van der Waals surface area contributed by atoms with Crippen molar-refractivity contribution in [1.29, 1.82) is 0 Å². The molecule has 0 aliphatic carbocycles. The molecule has 2 aliphatic rings. The maximum absolute atomic E-state index is 13.8. The number of nitrogens with zero attached hydrogens (tertiary/aromatic N) is 5. The Hall–Kier alpha value is -3.84. The Bertz CT molecular complexity index is 1450. The van der Waals surface area contributed by atoms with Crippen molar-refractivity contribution in [3.05, 3.63) is 95.3 Å². The molecule has 2 aliphatic heterocycles. The lowest BCUT2D eigenvalue weighted by Gasteiger charge is -2.37. The number of halogens is 2. The van der Waals surface area contributed by atoms with Crippen molar-refractivity contribution in [2.75, 3.05) is 67.1 Å². The molecule has 8 heteroatoms. The third-order valence-corrected chi connectivity index (χ3v) is 7.70. The number of anilines is 3. The molecule has 0 N–H and O–H groups in total. The minimum absolute atomic E-state index is 0.0422. The Morgan fingerprint density at radius 1 is 0.711 bits per heavy atom. The summed E-state index contributed by atoms with van der Waals surface area (Å²) in [7, 11) is 0. The van der Waals surface area contributed by atoms with E-state index in [-0.39, 0.29) is 11.7 Å². The van der Waals surface area contributed by atoms with Crippen molar-refractivity contribution in [2.45, 2.75) is 0 Å². The van der Waals surface area contributed by atoms with Crippen LogP contribution in [0.2, 0.25) is 5.02 Å². The number of amides is 1. The van der Waals surface area contributed by atoms with Gasteiger partial charge in [-0.2, -0.15) is 0 Å². The van der Waals surface area contributed by atoms with Gasteiger partial charge in [-0.25, -0.2) is 9.37 Å². The van der Waals surface area contributed by atoms with Crippen molar-refractivity contribution >= 4 is 45.6 Å². The molecule has 0 bridgehead atoms. The van der Waals surface area contributed by atoms with Crippen LogP contribution in [0.4, 0.5) is 21.6 Å². The average molecular weight is 530 g/mol. The number of benzene rings is 3. The molecular formula is C30H29ClFN5O. The summed E-state index contributed by atoms with van der Waals surface area (Å²) in [5.74, 6) is 0.639. The van der Waals surface area contributed by atoms with Crippen LogP contribution < -0.4 is 14.7 Å². The fraction of sp³-hybridized carbons (Fsp3) is 0.267. The Morgan fingerprint density at radius 2 is 1.37 bits per heavy atom. The van der Waals surface area contributed by atoms with E-state index in [1.54, 1.807) is 0 Å². The first-order chi connectivity index (χ1) is 18.5. The van der Waals surface area contributed by atoms with Crippen LogP contribution in [0.25, 0.3) is 10.9 Å². The highest BCUT2D eigenvalue weighted by Gasteiger charge is 2.26. The molecule has 38 heavy (non-hydrogen) atoms. The van der Waals surface area contributed by atoms with Gasteiger partial charge in [-0.3, -0.25) is 4.79 Å². The molecule has 0 atom stereocenters. The highest BCUT2D eigenvalue weighted by molar-refractivity contribution is 6.30. The largest absolute Gasteiger partial charge is 0.368 e. The maximum atomic E-state index is 13.8. The van der Waals surface area contributed by atoms with Crippen LogP contribution in [0.1, 0.15) is 10.4 Å². The highest BCUT2D eigenvalue weighted by atomic mass is 35.5. The van der Waals surface area contributed by atoms with E-state index in [1.165, 1.54) is 12.1 Å². The summed E-state index contributed by atoms with van der Waals surface area (Å²) in [6, 6.07) is 24.3. The monoisotopic (exact) mass is 529 g/mol. The molecule has 6 rings (SSSR count). The van der Waals surface area contributed by atoms with Crippen LogP contribution in [0.15, 0.2) is 78.9 Å². The second-order valence-electron chi connectivity index (χ2n) is 9.75. The van der Waals surface area contributed by atoms with Gasteiger partial charge >= 0.3 is 0 Å². The number of fused-ring (bicyclic) bond motifs is 1. The summed E-state index contributed by atoms with van der Waals surface area (Å²) in [6.07, 6.45) is 0. The van der Waals surface area contributed by atoms with Gasteiger partial charge in [0.15, 0.2) is 0 Å². The fourth-order valence-electron chi connectivity index (χ4n) is 5.36. The van der Waals surface area contributed by atoms with Gasteiger partial charge in [0.25, 0.3) is 5.91 Å². The Kier molecular flexibility index (Phi) is 6.77. The summed E-state index contributed by atoms with van der Waals surface area (Å²) in [5.41, 5.74) is 3.63. The normalized spacial score (nSPS) is 16.3. The van der Waals surface area contributed by atoms with Crippen LogP contribution in [0, 0.1) is 5.82 Å². The predicted molar refractivity (Wildman–Crippen MR) is 152 cm³/mol. The number of pyridine rings is 1. The van der Waals surface area contributed by atoms with Crippen molar-refractivity contribution in [1.82, 2.24) is 9.88 Å². The smallest absolute Gasteiger partial charge is 0.254 e. The van der Waals surface area contributed by atoms with Crippen LogP contribution in [0.3, 0.4) is 0 Å². The van der Waals surface area contributed by atoms with Gasteiger partial charge in [0.05, 0.1) is 11.1 Å². The Balaban J connectivity index is 1.20. The molecule has 6 nitrogen and oxygen atoms in total. The second-order valence-corrected chi connectivity index (χ2v) is 10.2. The van der Waals surface area contributed by atoms with Crippen molar-refractivity contribution < 1.29 is 9.18 Å². The lowest BCUT2D eigenvalue weighted by molar-refractivity contribution is 0.0748. The van der Waals surface area contributed by atoms with Crippen molar-refractivity contribution in [3.63, 3.8) is 0 Å². The zero-order valence-corrected chi connectivity index (χ0v) is 21.8. The van der Waals surface area contributed by atoms with Gasteiger partial charge in [0.1, 0.15) is 11.6 Å². The standard InChI is InChI=1S/C30H29ClFN5O/c31-22-4-3-5-25(20-22)35-14-18-37(19-15-35)30(38)27-21-29(33-28-7-2-1-6-26(27)28)36-16-12-34(13-17-36)24-10-8-23(32)9-11-24/h1-11,20-21H,12-19H2. The van der Waals surface area contributed by atoms with Gasteiger partial charge in [-0.05, 0) is 54.6 Å². The topological polar surface area (TPSA) is 42.9 Å². The maximum Gasteiger partial charge on any atom is 0.254 e. The van der Waals surface area contributed by atoms with Crippen LogP contribution >= 0.6 is 11.6 Å². The molecule has 3 heterocycles. The lowest BCUT2D eigenvalue weighted by Crippen LogP contribution is -2.49. The number of carbonyl (C=O) groups excluding carboxylic acids is 1. The zero-order valence-electron chi connectivity index (χ0n) is 21.1. The van der Waals surface area contributed by atoms with Crippen LogP contribution in [0.5, 0.6) is 0 Å². The third kappa shape index (κ3) is 4.98. The minimum atomic E-state index is -0.226. The number of para-hydroxylation sites is 1. The van der Waals surface area contributed by atoms with E-state index in [9.17, 15) is 9.18 Å². The first-order valence-electron chi connectivity index (χ1n) is 13.0. The number of hydrogen-bond acceptors (Lipinski definition) is 5. The van der Waals surface area contributed by atoms with Gasteiger partial charge in [0.2, 0.25) is 0 Å². The summed E-state index contributed by atoms with van der Waals surface area (Å²) < 4.78 is 13.3. The SMILES string of the molecule is O=C(c1cc(N2CCN(c3ccc(F)cc3)CC2)nc2ccccc12)N1CCN(c2cccc(Cl)c2)CC1. The highest BCUT2D eigenvalue weighted by Crippen LogP contribution is 2.27. The zero-order chi connectivity index (χ0) is 26.1. The molecule has 0 saturated carbocycles. The Labute approximate surface area is 226 Å². The first-order valence-corrected chi connectivity index (χ1v) is 13.4. The van der Waals surface area contributed by atoms with E-state index < -0.39 is 0 Å². The number of rotatable bonds is 4. The summed E-state index contributed by atoms with van der Waals surface area (Å²) in [6.45, 7) is 5.95. The average Bonchev–Trinajstić information content (AvgIpc) is 2.97. The van der Waals surface area contributed by atoms with Crippen LogP contribution in [-0.4, -0.2) is 68.1 Å². The molecule has 194 valence electrons. The van der Waals surface area contributed by atoms with Gasteiger partial charge in [-0.15, -0.1) is 0 Å². The molecule has 3 aromatic carbocycles. The number of piperazine rings is 2. The van der Waals surface area contributed by atoms with Crippen molar-refractivity contribution in [2.24, 2.45) is 0 Å². The van der Waals surface area contributed by atoms with E-state index >= 15 is 0 Å². The predicted octanol–water partition coefficient (Wildman–Crippen LogP) is 5.32. The van der Waals surface area contributed by atoms with Gasteiger partial charge in [0, 0.05) is 74.1 Å². The Morgan fingerprint density at radius 3 is 2.11 bits per heavy atom. The van der Waals surface area contributed by atoms with E-state index in [4.69, 9.17) is 16.6 Å². The second kappa shape index (κ2) is 10.5. The molecule has 2 fully saturated rings. The first kappa shape index (κ1) is 24.5. The lowest BCUT2D eigenvalue weighted by atomic mass is 10.1. The summed E-state index contributed by atoms with van der Waals surface area (Å²) in [4.78, 5) is 27.4. The molecule has 0 radical (unpaired) electrons. The minimum Gasteiger partial charge on any atom is -0.368 e. The molecule has 4 aromatic rings. The molecule has 2 saturated heterocycles. The van der Waals surface area contributed by atoms with Crippen molar-refractivity contribution in [3.8, 4) is 0 Å². The molecule has 0 spiro atoms. The van der Waals surface area contributed by atoms with Gasteiger partial charge in [-0.1, -0.05) is 35.9 Å². The van der Waals surface area contributed by atoms with E-state index in [2.05, 4.69) is 20.8 Å². The van der Waals surface area contributed by atoms with E-state index in [0.717, 1.165) is 72.4 Å². The fourth-order valence-corrected chi connectivity index (χ4v) is 5.54.